The van der Waals surface area contributed by atoms with E-state index in [0.29, 0.717) is 10.7 Å². The number of anilines is 1. The van der Waals surface area contributed by atoms with E-state index in [0.717, 1.165) is 0 Å². The van der Waals surface area contributed by atoms with Gasteiger partial charge in [-0.2, -0.15) is 0 Å². The van der Waals surface area contributed by atoms with Gasteiger partial charge in [0.1, 0.15) is 18.3 Å². The van der Waals surface area contributed by atoms with Crippen LogP contribution in [-0.2, 0) is 4.74 Å². The minimum absolute atomic E-state index is 0.562. The van der Waals surface area contributed by atoms with Gasteiger partial charge < -0.3 is 25.4 Å². The van der Waals surface area contributed by atoms with Crippen molar-refractivity contribution in [2.24, 2.45) is 0 Å². The minimum Gasteiger partial charge on any atom is -0.388 e. The number of ether oxygens (including phenoxy) is 1. The molecular weight excluding hydrogens is 258 g/mol. The predicted octanol–water partition coefficient (Wildman–Crippen LogP) is 0.579. The van der Waals surface area contributed by atoms with E-state index in [4.69, 9.17) is 16.3 Å². The van der Waals surface area contributed by atoms with Gasteiger partial charge in [0.15, 0.2) is 6.23 Å². The summed E-state index contributed by atoms with van der Waals surface area (Å²) in [6.07, 6.45) is -4.87. The van der Waals surface area contributed by atoms with E-state index in [-0.39, 0.29) is 0 Å². The molecule has 0 aliphatic carbocycles. The smallest absolute Gasteiger partial charge is 0.157 e. The van der Waals surface area contributed by atoms with Gasteiger partial charge in [-0.1, -0.05) is 11.6 Å². The molecule has 1 aliphatic heterocycles. The van der Waals surface area contributed by atoms with E-state index in [1.165, 1.54) is 0 Å². The highest BCUT2D eigenvalue weighted by atomic mass is 35.5. The molecule has 0 bridgehead atoms. The molecule has 0 unspecified atom stereocenters. The van der Waals surface area contributed by atoms with Gasteiger partial charge in [-0.3, -0.25) is 0 Å². The number of halogens is 1. The molecule has 1 aromatic carbocycles. The lowest BCUT2D eigenvalue weighted by Gasteiger charge is -2.39. The quantitative estimate of drug-likeness (QED) is 0.634. The molecule has 1 fully saturated rings. The average Bonchev–Trinajstić information content (AvgIpc) is 2.36. The van der Waals surface area contributed by atoms with Gasteiger partial charge in [0, 0.05) is 10.7 Å². The van der Waals surface area contributed by atoms with Crippen LogP contribution < -0.4 is 5.32 Å². The first-order valence-electron chi connectivity index (χ1n) is 5.71. The van der Waals surface area contributed by atoms with Gasteiger partial charge in [-0.05, 0) is 31.2 Å². The van der Waals surface area contributed by atoms with E-state index in [2.05, 4.69) is 5.32 Å². The Morgan fingerprint density at radius 1 is 1.06 bits per heavy atom. The molecule has 0 aromatic heterocycles. The summed E-state index contributed by atoms with van der Waals surface area (Å²) >= 11 is 5.77. The lowest BCUT2D eigenvalue weighted by molar-refractivity contribution is -0.209. The molecule has 1 saturated heterocycles. The van der Waals surface area contributed by atoms with Gasteiger partial charge in [0.25, 0.3) is 0 Å². The third-order valence-electron chi connectivity index (χ3n) is 3.01. The van der Waals surface area contributed by atoms with Gasteiger partial charge in [-0.25, -0.2) is 0 Å². The van der Waals surface area contributed by atoms with Crippen LogP contribution in [0.15, 0.2) is 24.3 Å². The standard InChI is InChI=1S/C12H16ClNO4/c1-6-9(15)10(16)11(17)12(18-6)14-8-4-2-7(13)3-5-8/h2-6,9-12,14-17H,1H3/t6-,9+,10+,11+,12+/m1/s1. The van der Waals surface area contributed by atoms with Crippen molar-refractivity contribution in [3.05, 3.63) is 29.3 Å². The van der Waals surface area contributed by atoms with Crippen molar-refractivity contribution in [1.82, 2.24) is 0 Å². The Kier molecular flexibility index (Phi) is 4.09. The fraction of sp³-hybridized carbons (Fsp3) is 0.500. The Morgan fingerprint density at radius 2 is 1.67 bits per heavy atom. The number of hydrogen-bond donors (Lipinski definition) is 4. The second-order valence-electron chi connectivity index (χ2n) is 4.38. The van der Waals surface area contributed by atoms with Crippen molar-refractivity contribution in [3.8, 4) is 0 Å². The molecule has 0 radical (unpaired) electrons. The maximum Gasteiger partial charge on any atom is 0.157 e. The molecule has 2 rings (SSSR count). The summed E-state index contributed by atoms with van der Waals surface area (Å²) in [6, 6.07) is 6.88. The molecule has 0 spiro atoms. The number of rotatable bonds is 2. The van der Waals surface area contributed by atoms with Crippen molar-refractivity contribution >= 4 is 17.3 Å². The Bertz CT molecular complexity index is 400. The zero-order chi connectivity index (χ0) is 13.3. The zero-order valence-corrected chi connectivity index (χ0v) is 10.6. The van der Waals surface area contributed by atoms with Crippen LogP contribution in [0.5, 0.6) is 0 Å². The van der Waals surface area contributed by atoms with Crippen LogP contribution in [0.3, 0.4) is 0 Å². The fourth-order valence-corrected chi connectivity index (χ4v) is 2.01. The SMILES string of the molecule is C[C@H]1O[C@H](Nc2ccc(Cl)cc2)[C@@H](O)[C@@H](O)[C@H]1O. The predicted molar refractivity (Wildman–Crippen MR) is 67.4 cm³/mol. The number of hydrogen-bond acceptors (Lipinski definition) is 5. The van der Waals surface area contributed by atoms with Crippen LogP contribution in [0, 0.1) is 0 Å². The minimum atomic E-state index is -1.24. The largest absolute Gasteiger partial charge is 0.388 e. The van der Waals surface area contributed by atoms with E-state index in [1.807, 2.05) is 0 Å². The molecule has 18 heavy (non-hydrogen) atoms. The van der Waals surface area contributed by atoms with Gasteiger partial charge in [0.05, 0.1) is 6.10 Å². The number of benzene rings is 1. The monoisotopic (exact) mass is 273 g/mol. The highest BCUT2D eigenvalue weighted by Crippen LogP contribution is 2.23. The summed E-state index contributed by atoms with van der Waals surface area (Å²) in [6.45, 7) is 1.64. The van der Waals surface area contributed by atoms with E-state index < -0.39 is 30.6 Å². The molecule has 5 atom stereocenters. The Balaban J connectivity index is 2.06. The second kappa shape index (κ2) is 5.42. The number of aliphatic hydroxyl groups excluding tert-OH is 3. The van der Waals surface area contributed by atoms with Crippen LogP contribution >= 0.6 is 11.6 Å². The molecule has 1 heterocycles. The van der Waals surface area contributed by atoms with Crippen molar-refractivity contribution in [2.45, 2.75) is 37.6 Å². The van der Waals surface area contributed by atoms with Crippen LogP contribution in [0.1, 0.15) is 6.92 Å². The zero-order valence-electron chi connectivity index (χ0n) is 9.82. The lowest BCUT2D eigenvalue weighted by atomic mass is 9.99. The first-order valence-corrected chi connectivity index (χ1v) is 6.08. The molecule has 4 N–H and O–H groups in total. The summed E-state index contributed by atoms with van der Waals surface area (Å²) in [4.78, 5) is 0. The summed E-state index contributed by atoms with van der Waals surface area (Å²) in [5, 5.41) is 32.6. The average molecular weight is 274 g/mol. The van der Waals surface area contributed by atoms with Crippen molar-refractivity contribution in [3.63, 3.8) is 0 Å². The summed E-state index contributed by atoms with van der Waals surface area (Å²) in [5.41, 5.74) is 0.708. The van der Waals surface area contributed by atoms with Crippen molar-refractivity contribution in [2.75, 3.05) is 5.32 Å². The molecule has 0 saturated carbocycles. The highest BCUT2D eigenvalue weighted by Gasteiger charge is 2.41. The molecule has 0 amide bonds. The molecule has 1 aliphatic rings. The second-order valence-corrected chi connectivity index (χ2v) is 4.82. The Labute approximate surface area is 110 Å². The Hall–Kier alpha value is -0.850. The summed E-state index contributed by atoms with van der Waals surface area (Å²) in [5.74, 6) is 0. The van der Waals surface area contributed by atoms with Crippen molar-refractivity contribution < 1.29 is 20.1 Å². The van der Waals surface area contributed by atoms with E-state index in [1.54, 1.807) is 31.2 Å². The number of nitrogens with one attached hydrogen (secondary N) is 1. The maximum absolute atomic E-state index is 9.82. The van der Waals surface area contributed by atoms with Crippen molar-refractivity contribution in [1.29, 1.82) is 0 Å². The van der Waals surface area contributed by atoms with Crippen LogP contribution in [-0.4, -0.2) is 46.0 Å². The topological polar surface area (TPSA) is 82.0 Å². The normalized spacial score (nSPS) is 36.4. The molecule has 100 valence electrons. The summed E-state index contributed by atoms with van der Waals surface area (Å²) < 4.78 is 5.41. The molecular formula is C12H16ClNO4. The maximum atomic E-state index is 9.82. The van der Waals surface area contributed by atoms with Crippen LogP contribution in [0.2, 0.25) is 5.02 Å². The third-order valence-corrected chi connectivity index (χ3v) is 3.26. The first-order chi connectivity index (χ1) is 8.49. The van der Waals surface area contributed by atoms with E-state index >= 15 is 0 Å². The molecule has 6 heteroatoms. The molecule has 5 nitrogen and oxygen atoms in total. The Morgan fingerprint density at radius 3 is 2.28 bits per heavy atom. The fourth-order valence-electron chi connectivity index (χ4n) is 1.88. The van der Waals surface area contributed by atoms with E-state index in [9.17, 15) is 15.3 Å². The van der Waals surface area contributed by atoms with Gasteiger partial charge in [0.2, 0.25) is 0 Å². The van der Waals surface area contributed by atoms with Crippen LogP contribution in [0.25, 0.3) is 0 Å². The third kappa shape index (κ3) is 2.76. The first kappa shape index (κ1) is 13.6. The van der Waals surface area contributed by atoms with Crippen LogP contribution in [0.4, 0.5) is 5.69 Å². The number of aliphatic hydroxyl groups is 3. The lowest BCUT2D eigenvalue weighted by Crippen LogP contribution is -2.58. The molecule has 1 aromatic rings. The van der Waals surface area contributed by atoms with Gasteiger partial charge in [-0.15, -0.1) is 0 Å². The highest BCUT2D eigenvalue weighted by molar-refractivity contribution is 6.30. The van der Waals surface area contributed by atoms with Gasteiger partial charge >= 0.3 is 0 Å². The summed E-state index contributed by atoms with van der Waals surface area (Å²) in [7, 11) is 0.